The lowest BCUT2D eigenvalue weighted by atomic mass is 9.90. The van der Waals surface area contributed by atoms with Crippen LogP contribution in [0.3, 0.4) is 0 Å². The summed E-state index contributed by atoms with van der Waals surface area (Å²) in [5.41, 5.74) is -0.378. The zero-order valence-electron chi connectivity index (χ0n) is 10.5. The lowest BCUT2D eigenvalue weighted by molar-refractivity contribution is -0.146. The summed E-state index contributed by atoms with van der Waals surface area (Å²) in [4.78, 5) is 43.6. The highest BCUT2D eigenvalue weighted by Crippen LogP contribution is 2.29. The standard InChI is InChI=1S/C11H12N2O8/c14-7(15)1-4(10(18)19)6-3-12-13-9(6)5(11(20)21)2-8(16)17/h3-5H,1-2H2,(H,12,13)(H,14,15)(H,16,17)(H,18,19)(H,20,21). The number of H-pyrrole nitrogens is 1. The van der Waals surface area contributed by atoms with Crippen molar-refractivity contribution in [3.8, 4) is 0 Å². The third kappa shape index (κ3) is 4.03. The molecule has 21 heavy (non-hydrogen) atoms. The molecule has 0 amide bonds. The van der Waals surface area contributed by atoms with Gasteiger partial charge in [0.2, 0.25) is 0 Å². The molecule has 5 N–H and O–H groups in total. The number of rotatable bonds is 8. The zero-order chi connectivity index (χ0) is 16.2. The SMILES string of the molecule is O=C(O)CC(C(=O)O)c1cn[nH]c1C(CC(=O)O)C(=O)O. The molecule has 0 aromatic carbocycles. The highest BCUT2D eigenvalue weighted by molar-refractivity contribution is 5.85. The average Bonchev–Trinajstić information content (AvgIpc) is 2.80. The number of aliphatic carboxylic acids is 4. The van der Waals surface area contributed by atoms with Crippen LogP contribution in [0, 0.1) is 0 Å². The molecule has 1 rings (SSSR count). The first-order chi connectivity index (χ1) is 9.73. The molecule has 0 saturated carbocycles. The third-order valence-electron chi connectivity index (χ3n) is 2.78. The highest BCUT2D eigenvalue weighted by atomic mass is 16.4. The van der Waals surface area contributed by atoms with E-state index in [0.29, 0.717) is 0 Å². The van der Waals surface area contributed by atoms with E-state index in [1.165, 1.54) is 0 Å². The summed E-state index contributed by atoms with van der Waals surface area (Å²) in [5, 5.41) is 41.3. The summed E-state index contributed by atoms with van der Waals surface area (Å²) in [6.07, 6.45) is -0.569. The van der Waals surface area contributed by atoms with Crippen molar-refractivity contribution in [1.29, 1.82) is 0 Å². The van der Waals surface area contributed by atoms with Gasteiger partial charge in [-0.1, -0.05) is 0 Å². The van der Waals surface area contributed by atoms with Crippen molar-refractivity contribution in [3.63, 3.8) is 0 Å². The topological polar surface area (TPSA) is 178 Å². The fourth-order valence-corrected chi connectivity index (χ4v) is 1.85. The van der Waals surface area contributed by atoms with Crippen LogP contribution in [-0.4, -0.2) is 54.5 Å². The molecule has 0 aliphatic carbocycles. The number of hydrogen-bond donors (Lipinski definition) is 5. The molecule has 2 atom stereocenters. The van der Waals surface area contributed by atoms with Crippen LogP contribution >= 0.6 is 0 Å². The molecule has 0 saturated heterocycles. The second-order valence-corrected chi connectivity index (χ2v) is 4.22. The Morgan fingerprint density at radius 1 is 0.952 bits per heavy atom. The Labute approximate surface area is 117 Å². The lowest BCUT2D eigenvalue weighted by Crippen LogP contribution is -2.21. The van der Waals surface area contributed by atoms with Crippen LogP contribution in [-0.2, 0) is 19.2 Å². The van der Waals surface area contributed by atoms with Crippen molar-refractivity contribution in [2.75, 3.05) is 0 Å². The van der Waals surface area contributed by atoms with E-state index < -0.39 is 48.6 Å². The van der Waals surface area contributed by atoms with E-state index in [1.54, 1.807) is 0 Å². The first-order valence-electron chi connectivity index (χ1n) is 5.66. The Balaban J connectivity index is 3.23. The first kappa shape index (κ1) is 16.1. The molecule has 0 aliphatic heterocycles. The molecule has 1 heterocycles. The maximum Gasteiger partial charge on any atom is 0.313 e. The molecule has 10 nitrogen and oxygen atoms in total. The Hall–Kier alpha value is -2.91. The van der Waals surface area contributed by atoms with E-state index in [0.717, 1.165) is 6.20 Å². The summed E-state index contributed by atoms with van der Waals surface area (Å²) < 4.78 is 0. The molecule has 0 fully saturated rings. The number of carboxylic acids is 4. The Morgan fingerprint density at radius 3 is 1.86 bits per heavy atom. The van der Waals surface area contributed by atoms with Crippen LogP contribution < -0.4 is 0 Å². The second kappa shape index (κ2) is 6.50. The smallest absolute Gasteiger partial charge is 0.313 e. The monoisotopic (exact) mass is 300 g/mol. The van der Waals surface area contributed by atoms with E-state index in [4.69, 9.17) is 20.4 Å². The van der Waals surface area contributed by atoms with Crippen LogP contribution in [0.4, 0.5) is 0 Å². The molecular formula is C11H12N2O8. The van der Waals surface area contributed by atoms with Gasteiger partial charge in [-0.2, -0.15) is 5.10 Å². The Bertz CT molecular complexity index is 530. The predicted molar refractivity (Wildman–Crippen MR) is 63.8 cm³/mol. The van der Waals surface area contributed by atoms with E-state index in [1.807, 2.05) is 0 Å². The average molecular weight is 300 g/mol. The van der Waals surface area contributed by atoms with Gasteiger partial charge in [0.1, 0.15) is 5.92 Å². The van der Waals surface area contributed by atoms with Crippen molar-refractivity contribution in [1.82, 2.24) is 10.2 Å². The Kier molecular flexibility index (Phi) is 5.00. The maximum atomic E-state index is 11.1. The normalized spacial score (nSPS) is 13.3. The number of hydrogen-bond acceptors (Lipinski definition) is 5. The molecule has 0 aliphatic rings. The molecule has 2 unspecified atom stereocenters. The van der Waals surface area contributed by atoms with Crippen molar-refractivity contribution in [3.05, 3.63) is 17.5 Å². The first-order valence-corrected chi connectivity index (χ1v) is 5.66. The van der Waals surface area contributed by atoms with Gasteiger partial charge < -0.3 is 20.4 Å². The summed E-state index contributed by atoms with van der Waals surface area (Å²) >= 11 is 0. The molecule has 10 heteroatoms. The largest absolute Gasteiger partial charge is 0.481 e. The second-order valence-electron chi connectivity index (χ2n) is 4.22. The number of aromatic amines is 1. The number of carbonyl (C=O) groups is 4. The van der Waals surface area contributed by atoms with Crippen LogP contribution in [0.5, 0.6) is 0 Å². The molecule has 1 aromatic heterocycles. The van der Waals surface area contributed by atoms with Crippen molar-refractivity contribution in [2.24, 2.45) is 0 Å². The summed E-state index contributed by atoms with van der Waals surface area (Å²) in [5.74, 6) is -8.81. The highest BCUT2D eigenvalue weighted by Gasteiger charge is 2.33. The van der Waals surface area contributed by atoms with Crippen LogP contribution in [0.1, 0.15) is 35.9 Å². The van der Waals surface area contributed by atoms with Gasteiger partial charge in [-0.15, -0.1) is 0 Å². The van der Waals surface area contributed by atoms with Gasteiger partial charge in [-0.25, -0.2) is 0 Å². The minimum atomic E-state index is -1.55. The minimum Gasteiger partial charge on any atom is -0.481 e. The van der Waals surface area contributed by atoms with E-state index >= 15 is 0 Å². The van der Waals surface area contributed by atoms with E-state index in [2.05, 4.69) is 10.2 Å². The van der Waals surface area contributed by atoms with Crippen molar-refractivity contribution >= 4 is 23.9 Å². The fraction of sp³-hybridized carbons (Fsp3) is 0.364. The zero-order valence-corrected chi connectivity index (χ0v) is 10.5. The summed E-state index contributed by atoms with van der Waals surface area (Å²) in [6.45, 7) is 0. The van der Waals surface area contributed by atoms with Gasteiger partial charge in [-0.3, -0.25) is 24.3 Å². The van der Waals surface area contributed by atoms with E-state index in [9.17, 15) is 19.2 Å². The number of nitrogens with one attached hydrogen (secondary N) is 1. The summed E-state index contributed by atoms with van der Waals surface area (Å²) in [6, 6.07) is 0. The Morgan fingerprint density at radius 2 is 1.43 bits per heavy atom. The van der Waals surface area contributed by atoms with Gasteiger partial charge in [-0.05, 0) is 0 Å². The van der Waals surface area contributed by atoms with Gasteiger partial charge in [0, 0.05) is 5.56 Å². The van der Waals surface area contributed by atoms with Crippen LogP contribution in [0.25, 0.3) is 0 Å². The van der Waals surface area contributed by atoms with Gasteiger partial charge in [0.15, 0.2) is 0 Å². The van der Waals surface area contributed by atoms with Gasteiger partial charge >= 0.3 is 23.9 Å². The minimum absolute atomic E-state index is 0.154. The summed E-state index contributed by atoms with van der Waals surface area (Å²) in [7, 11) is 0. The van der Waals surface area contributed by atoms with Gasteiger partial charge in [0.05, 0.1) is 30.7 Å². The van der Waals surface area contributed by atoms with Crippen molar-refractivity contribution < 1.29 is 39.6 Å². The van der Waals surface area contributed by atoms with Crippen LogP contribution in [0.2, 0.25) is 0 Å². The number of carboxylic acid groups (broad SMARTS) is 4. The fourth-order valence-electron chi connectivity index (χ4n) is 1.85. The molecule has 0 spiro atoms. The lowest BCUT2D eigenvalue weighted by Gasteiger charge is -2.14. The molecular weight excluding hydrogens is 288 g/mol. The maximum absolute atomic E-state index is 11.1. The number of nitrogens with zero attached hydrogens (tertiary/aromatic N) is 1. The van der Waals surface area contributed by atoms with Crippen LogP contribution in [0.15, 0.2) is 6.20 Å². The number of aromatic nitrogens is 2. The molecule has 0 bridgehead atoms. The molecule has 1 aromatic rings. The van der Waals surface area contributed by atoms with Gasteiger partial charge in [0.25, 0.3) is 0 Å². The van der Waals surface area contributed by atoms with E-state index in [-0.39, 0.29) is 11.3 Å². The predicted octanol–water partition coefficient (Wildman–Crippen LogP) is -0.305. The quantitative estimate of drug-likeness (QED) is 0.430. The van der Waals surface area contributed by atoms with Crippen molar-refractivity contribution in [2.45, 2.75) is 24.7 Å². The molecule has 0 radical (unpaired) electrons. The third-order valence-corrected chi connectivity index (χ3v) is 2.78. The molecule has 114 valence electrons.